The molecule has 146 valence electrons. The van der Waals surface area contributed by atoms with E-state index in [1.807, 2.05) is 47.4 Å². The number of rotatable bonds is 7. The van der Waals surface area contributed by atoms with E-state index in [0.29, 0.717) is 12.8 Å². The number of aromatic nitrogens is 2. The lowest BCUT2D eigenvalue weighted by molar-refractivity contribution is -0.121. The van der Waals surface area contributed by atoms with Crippen LogP contribution < -0.4 is 5.32 Å². The minimum Gasteiger partial charge on any atom is -0.354 e. The predicted molar refractivity (Wildman–Crippen MR) is 109 cm³/mol. The number of nitrogens with zero attached hydrogens (tertiary/aromatic N) is 3. The Hall–Kier alpha value is -2.14. The first-order valence-electron chi connectivity index (χ1n) is 10.1. The van der Waals surface area contributed by atoms with Gasteiger partial charge in [-0.25, -0.2) is 4.68 Å². The predicted octanol–water partition coefficient (Wildman–Crippen LogP) is 3.58. The summed E-state index contributed by atoms with van der Waals surface area (Å²) in [5.74, 6) is 0.132. The lowest BCUT2D eigenvalue weighted by atomic mass is 9.88. The minimum atomic E-state index is 0.115. The van der Waals surface area contributed by atoms with E-state index in [9.17, 15) is 4.79 Å². The SMILES string of the molecule is CN(C)C1(CNC(=O)CCc2cnn(-c3ccccc3)c2)CCCCCC1. The number of benzene rings is 1. The summed E-state index contributed by atoms with van der Waals surface area (Å²) in [6.45, 7) is 0.752. The van der Waals surface area contributed by atoms with E-state index in [1.54, 1.807) is 0 Å². The Morgan fingerprint density at radius 1 is 1.15 bits per heavy atom. The van der Waals surface area contributed by atoms with Crippen LogP contribution in [-0.2, 0) is 11.2 Å². The number of hydrogen-bond donors (Lipinski definition) is 1. The van der Waals surface area contributed by atoms with Crippen molar-refractivity contribution in [2.75, 3.05) is 20.6 Å². The van der Waals surface area contributed by atoms with Crippen LogP contribution in [0.1, 0.15) is 50.5 Å². The van der Waals surface area contributed by atoms with Crippen molar-refractivity contribution in [1.82, 2.24) is 20.0 Å². The first kappa shape index (κ1) is 19.6. The third-order valence-electron chi connectivity index (χ3n) is 5.90. The Balaban J connectivity index is 1.50. The van der Waals surface area contributed by atoms with Gasteiger partial charge in [-0.15, -0.1) is 0 Å². The zero-order valence-electron chi connectivity index (χ0n) is 16.7. The molecule has 0 spiro atoms. The van der Waals surface area contributed by atoms with E-state index in [0.717, 1.165) is 17.8 Å². The average Bonchev–Trinajstić information content (AvgIpc) is 3.02. The maximum absolute atomic E-state index is 12.4. The Morgan fingerprint density at radius 2 is 1.85 bits per heavy atom. The summed E-state index contributed by atoms with van der Waals surface area (Å²) in [4.78, 5) is 14.8. The van der Waals surface area contributed by atoms with Crippen molar-refractivity contribution < 1.29 is 4.79 Å². The number of para-hydroxylation sites is 1. The fourth-order valence-electron chi connectivity index (χ4n) is 3.99. The van der Waals surface area contributed by atoms with Gasteiger partial charge in [-0.3, -0.25) is 4.79 Å². The lowest BCUT2D eigenvalue weighted by Gasteiger charge is -2.39. The Kier molecular flexibility index (Phi) is 6.67. The van der Waals surface area contributed by atoms with Crippen LogP contribution in [0, 0.1) is 0 Å². The summed E-state index contributed by atoms with van der Waals surface area (Å²) in [6, 6.07) is 10.0. The molecular weight excluding hydrogens is 336 g/mol. The van der Waals surface area contributed by atoms with Crippen molar-refractivity contribution in [2.24, 2.45) is 0 Å². The highest BCUT2D eigenvalue weighted by Crippen LogP contribution is 2.30. The summed E-state index contributed by atoms with van der Waals surface area (Å²) in [6.07, 6.45) is 12.6. The maximum atomic E-state index is 12.4. The highest BCUT2D eigenvalue weighted by molar-refractivity contribution is 5.76. The molecule has 0 saturated heterocycles. The quantitative estimate of drug-likeness (QED) is 0.760. The molecule has 1 heterocycles. The molecule has 1 aromatic heterocycles. The van der Waals surface area contributed by atoms with Gasteiger partial charge < -0.3 is 10.2 Å². The van der Waals surface area contributed by atoms with Crippen molar-refractivity contribution in [3.8, 4) is 5.69 Å². The monoisotopic (exact) mass is 368 g/mol. The highest BCUT2D eigenvalue weighted by Gasteiger charge is 2.33. The van der Waals surface area contributed by atoms with Gasteiger partial charge in [-0.05, 0) is 51.1 Å². The number of likely N-dealkylation sites (N-methyl/N-ethyl adjacent to an activating group) is 1. The third-order valence-corrected chi connectivity index (χ3v) is 5.90. The van der Waals surface area contributed by atoms with Crippen LogP contribution in [0.4, 0.5) is 0 Å². The highest BCUT2D eigenvalue weighted by atomic mass is 16.1. The first-order valence-corrected chi connectivity index (χ1v) is 10.1. The van der Waals surface area contributed by atoms with Gasteiger partial charge in [0.05, 0.1) is 11.9 Å². The molecule has 1 aliphatic carbocycles. The van der Waals surface area contributed by atoms with Gasteiger partial charge >= 0.3 is 0 Å². The van der Waals surface area contributed by atoms with E-state index >= 15 is 0 Å². The molecule has 0 aliphatic heterocycles. The molecule has 0 unspecified atom stereocenters. The molecule has 1 N–H and O–H groups in total. The lowest BCUT2D eigenvalue weighted by Crippen LogP contribution is -2.52. The summed E-state index contributed by atoms with van der Waals surface area (Å²) in [5.41, 5.74) is 2.24. The number of carbonyl (C=O) groups is 1. The van der Waals surface area contributed by atoms with Gasteiger partial charge in [0.15, 0.2) is 0 Å². The second kappa shape index (κ2) is 9.18. The number of carbonyl (C=O) groups excluding carboxylic acids is 1. The first-order chi connectivity index (χ1) is 13.1. The van der Waals surface area contributed by atoms with Gasteiger partial charge in [0.1, 0.15) is 0 Å². The van der Waals surface area contributed by atoms with Crippen molar-refractivity contribution in [2.45, 2.75) is 56.9 Å². The fourth-order valence-corrected chi connectivity index (χ4v) is 3.99. The molecule has 0 bridgehead atoms. The molecule has 1 fully saturated rings. The van der Waals surface area contributed by atoms with Gasteiger partial charge in [0.25, 0.3) is 0 Å². The number of nitrogens with one attached hydrogen (secondary N) is 1. The van der Waals surface area contributed by atoms with Crippen LogP contribution in [-0.4, -0.2) is 46.8 Å². The van der Waals surface area contributed by atoms with Gasteiger partial charge in [0.2, 0.25) is 5.91 Å². The van der Waals surface area contributed by atoms with Gasteiger partial charge in [-0.2, -0.15) is 5.10 Å². The standard InChI is InChI=1S/C22H32N4O/c1-25(2)22(14-8-3-4-9-15-22)18-23-21(27)13-12-19-16-24-26(17-19)20-10-6-5-7-11-20/h5-7,10-11,16-17H,3-4,8-9,12-15,18H2,1-2H3,(H,23,27). The molecule has 5 nitrogen and oxygen atoms in total. The summed E-state index contributed by atoms with van der Waals surface area (Å²) in [5, 5.41) is 7.61. The smallest absolute Gasteiger partial charge is 0.220 e. The normalized spacial score (nSPS) is 16.9. The number of hydrogen-bond acceptors (Lipinski definition) is 3. The molecule has 3 rings (SSSR count). The summed E-state index contributed by atoms with van der Waals surface area (Å²) in [7, 11) is 4.30. The topological polar surface area (TPSA) is 50.2 Å². The maximum Gasteiger partial charge on any atom is 0.220 e. The van der Waals surface area contributed by atoms with E-state index in [4.69, 9.17) is 0 Å². The largest absolute Gasteiger partial charge is 0.354 e. The minimum absolute atomic E-state index is 0.115. The zero-order valence-corrected chi connectivity index (χ0v) is 16.7. The van der Waals surface area contributed by atoms with Crippen molar-refractivity contribution >= 4 is 5.91 Å². The molecule has 1 amide bonds. The summed E-state index contributed by atoms with van der Waals surface area (Å²) < 4.78 is 1.86. The Labute approximate surface area is 162 Å². The number of aryl methyl sites for hydroxylation is 1. The molecule has 0 atom stereocenters. The van der Waals surface area contributed by atoms with Crippen molar-refractivity contribution in [3.63, 3.8) is 0 Å². The van der Waals surface area contributed by atoms with E-state index in [1.165, 1.54) is 38.5 Å². The fraction of sp³-hybridized carbons (Fsp3) is 0.545. The molecule has 1 aliphatic rings. The summed E-state index contributed by atoms with van der Waals surface area (Å²) >= 11 is 0. The van der Waals surface area contributed by atoms with Crippen LogP contribution in [0.25, 0.3) is 5.69 Å². The molecule has 0 radical (unpaired) electrons. The second-order valence-corrected chi connectivity index (χ2v) is 7.94. The molecule has 1 saturated carbocycles. The van der Waals surface area contributed by atoms with Crippen molar-refractivity contribution in [1.29, 1.82) is 0 Å². The molecule has 27 heavy (non-hydrogen) atoms. The van der Waals surface area contributed by atoms with Crippen LogP contribution >= 0.6 is 0 Å². The van der Waals surface area contributed by atoms with Crippen LogP contribution in [0.5, 0.6) is 0 Å². The molecule has 2 aromatic rings. The molecule has 5 heteroatoms. The van der Waals surface area contributed by atoms with Crippen LogP contribution in [0.15, 0.2) is 42.7 Å². The van der Waals surface area contributed by atoms with Crippen molar-refractivity contribution in [3.05, 3.63) is 48.3 Å². The van der Waals surface area contributed by atoms with Gasteiger partial charge in [0, 0.05) is 24.7 Å². The average molecular weight is 369 g/mol. The van der Waals surface area contributed by atoms with Crippen LogP contribution in [0.3, 0.4) is 0 Å². The second-order valence-electron chi connectivity index (χ2n) is 7.94. The third kappa shape index (κ3) is 5.19. The zero-order chi connectivity index (χ0) is 19.1. The van der Waals surface area contributed by atoms with Crippen LogP contribution in [0.2, 0.25) is 0 Å². The Morgan fingerprint density at radius 3 is 2.52 bits per heavy atom. The molecular formula is C22H32N4O. The van der Waals surface area contributed by atoms with E-state index in [-0.39, 0.29) is 11.4 Å². The van der Waals surface area contributed by atoms with Gasteiger partial charge in [-0.1, -0.05) is 43.9 Å². The number of amides is 1. The Bertz CT molecular complexity index is 715. The van der Waals surface area contributed by atoms with E-state index < -0.39 is 0 Å². The molecule has 1 aromatic carbocycles. The van der Waals surface area contributed by atoms with E-state index in [2.05, 4.69) is 29.4 Å².